The zero-order valence-electron chi connectivity index (χ0n) is 12.8. The number of unbranched alkanes of at least 4 members (excludes halogenated alkanes) is 1. The number of methoxy groups -OCH3 is 1. The minimum atomic E-state index is 0.206. The van der Waals surface area contributed by atoms with Crippen LogP contribution in [-0.4, -0.2) is 23.4 Å². The summed E-state index contributed by atoms with van der Waals surface area (Å²) >= 11 is 0. The number of carbonyl (C=O) groups excluding carboxylic acids is 1. The molecule has 0 spiro atoms. The maximum Gasteiger partial charge on any atom is 0.163 e. The molecule has 0 aliphatic rings. The van der Waals surface area contributed by atoms with Crippen LogP contribution in [0.4, 0.5) is 0 Å². The fourth-order valence-electron chi connectivity index (χ4n) is 1.61. The van der Waals surface area contributed by atoms with Gasteiger partial charge in [-0.2, -0.15) is 0 Å². The predicted molar refractivity (Wildman–Crippen MR) is 91.0 cm³/mol. The third kappa shape index (κ3) is 7.25. The molecule has 2 nitrogen and oxygen atoms in total. The first-order chi connectivity index (χ1) is 9.42. The predicted octanol–water partition coefficient (Wildman–Crippen LogP) is 5.23. The van der Waals surface area contributed by atoms with Gasteiger partial charge < -0.3 is 4.74 Å². The quantitative estimate of drug-likeness (QED) is 0.373. The molecule has 0 heterocycles. The molecule has 20 heavy (non-hydrogen) atoms. The molecule has 112 valence electrons. The van der Waals surface area contributed by atoms with Gasteiger partial charge in [0, 0.05) is 22.5 Å². The first-order valence-corrected chi connectivity index (χ1v) is 9.22. The van der Waals surface area contributed by atoms with E-state index in [9.17, 15) is 4.79 Å². The Morgan fingerprint density at radius 1 is 1.25 bits per heavy atom. The van der Waals surface area contributed by atoms with Crippen molar-refractivity contribution in [2.45, 2.75) is 44.8 Å². The third-order valence-electron chi connectivity index (χ3n) is 2.58. The molecule has 1 aromatic rings. The van der Waals surface area contributed by atoms with Crippen molar-refractivity contribution < 1.29 is 9.53 Å². The second kappa shape index (κ2) is 8.63. The van der Waals surface area contributed by atoms with Crippen molar-refractivity contribution in [2.24, 2.45) is 0 Å². The molecule has 0 saturated carbocycles. The Bertz CT molecular complexity index is 425. The summed E-state index contributed by atoms with van der Waals surface area (Å²) in [6, 6.07) is 7.39. The van der Waals surface area contributed by atoms with E-state index in [1.54, 1.807) is 7.11 Å². The molecule has 0 bridgehead atoms. The average molecular weight is 312 g/mol. The van der Waals surface area contributed by atoms with Gasteiger partial charge in [0.15, 0.2) is 5.78 Å². The second-order valence-electron chi connectivity index (χ2n) is 5.63. The molecule has 4 heteroatoms. The zero-order valence-corrected chi connectivity index (χ0v) is 14.4. The molecule has 0 atom stereocenters. The highest BCUT2D eigenvalue weighted by Crippen LogP contribution is 2.35. The zero-order chi connectivity index (χ0) is 15.0. The average Bonchev–Trinajstić information content (AvgIpc) is 2.41. The SMILES string of the molecule is COc1cccc(C(=O)CCCCSSC(C)(C)C)c1. The number of carbonyl (C=O) groups is 1. The van der Waals surface area contributed by atoms with Crippen LogP contribution < -0.4 is 4.74 Å². The third-order valence-corrected chi connectivity index (χ3v) is 6.01. The summed E-state index contributed by atoms with van der Waals surface area (Å²) in [4.78, 5) is 12.0. The molecule has 1 aromatic carbocycles. The van der Waals surface area contributed by atoms with Crippen LogP contribution in [0.2, 0.25) is 0 Å². The van der Waals surface area contributed by atoms with Crippen LogP contribution in [0.5, 0.6) is 5.75 Å². The number of ketones is 1. The molecule has 1 rings (SSSR count). The van der Waals surface area contributed by atoms with Gasteiger partial charge in [0.05, 0.1) is 7.11 Å². The summed E-state index contributed by atoms with van der Waals surface area (Å²) in [6.45, 7) is 6.66. The van der Waals surface area contributed by atoms with Crippen LogP contribution in [0.1, 0.15) is 50.4 Å². The number of Topliss-reactive ketones (excluding diaryl/α,β-unsaturated/α-hetero) is 1. The second-order valence-corrected chi connectivity index (χ2v) is 8.87. The minimum Gasteiger partial charge on any atom is -0.497 e. The molecule has 0 amide bonds. The van der Waals surface area contributed by atoms with E-state index in [1.165, 1.54) is 0 Å². The fourth-order valence-corrected chi connectivity index (χ4v) is 4.03. The van der Waals surface area contributed by atoms with Gasteiger partial charge in [-0.15, -0.1) is 0 Å². The lowest BCUT2D eigenvalue weighted by Crippen LogP contribution is -2.04. The summed E-state index contributed by atoms with van der Waals surface area (Å²) in [5, 5.41) is 0. The first-order valence-electron chi connectivity index (χ1n) is 6.90. The molecule has 0 aliphatic carbocycles. The van der Waals surface area contributed by atoms with E-state index in [-0.39, 0.29) is 5.78 Å². The van der Waals surface area contributed by atoms with E-state index in [4.69, 9.17) is 4.74 Å². The maximum absolute atomic E-state index is 12.0. The standard InChI is InChI=1S/C16H24O2S2/c1-16(2,3)20-19-11-6-5-10-15(17)13-8-7-9-14(12-13)18-4/h7-9,12H,5-6,10-11H2,1-4H3. The van der Waals surface area contributed by atoms with Crippen molar-refractivity contribution in [1.29, 1.82) is 0 Å². The van der Waals surface area contributed by atoms with Crippen LogP contribution in [0.15, 0.2) is 24.3 Å². The van der Waals surface area contributed by atoms with E-state index in [1.807, 2.05) is 45.9 Å². The Labute approximate surface area is 130 Å². The summed E-state index contributed by atoms with van der Waals surface area (Å²) in [5.74, 6) is 2.05. The van der Waals surface area contributed by atoms with Gasteiger partial charge in [-0.05, 0) is 25.0 Å². The number of ether oxygens (including phenoxy) is 1. The van der Waals surface area contributed by atoms with Crippen molar-refractivity contribution in [2.75, 3.05) is 12.9 Å². The lowest BCUT2D eigenvalue weighted by molar-refractivity contribution is 0.0979. The molecule has 0 aromatic heterocycles. The van der Waals surface area contributed by atoms with Gasteiger partial charge in [0.1, 0.15) is 5.75 Å². The normalized spacial score (nSPS) is 11.4. The Morgan fingerprint density at radius 3 is 2.65 bits per heavy atom. The molecule has 0 saturated heterocycles. The topological polar surface area (TPSA) is 26.3 Å². The molecule has 0 N–H and O–H groups in total. The smallest absolute Gasteiger partial charge is 0.163 e. The van der Waals surface area contributed by atoms with Crippen LogP contribution in [0, 0.1) is 0 Å². The Morgan fingerprint density at radius 2 is 2.00 bits per heavy atom. The van der Waals surface area contributed by atoms with E-state index in [0.717, 1.165) is 29.9 Å². The highest BCUT2D eigenvalue weighted by atomic mass is 33.1. The molecule has 0 radical (unpaired) electrons. The van der Waals surface area contributed by atoms with Crippen molar-refractivity contribution in [3.8, 4) is 5.75 Å². The van der Waals surface area contributed by atoms with Gasteiger partial charge in [-0.3, -0.25) is 4.79 Å². The molecule has 0 fully saturated rings. The maximum atomic E-state index is 12.0. The Kier molecular flexibility index (Phi) is 7.52. The van der Waals surface area contributed by atoms with Crippen LogP contribution in [-0.2, 0) is 0 Å². The molecular formula is C16H24O2S2. The van der Waals surface area contributed by atoms with Gasteiger partial charge in [0.2, 0.25) is 0 Å². The fraction of sp³-hybridized carbons (Fsp3) is 0.562. The van der Waals surface area contributed by atoms with Gasteiger partial charge in [0.25, 0.3) is 0 Å². The van der Waals surface area contributed by atoms with E-state index < -0.39 is 0 Å². The van der Waals surface area contributed by atoms with Crippen LogP contribution >= 0.6 is 21.6 Å². The van der Waals surface area contributed by atoms with Gasteiger partial charge in [-0.25, -0.2) is 0 Å². The highest BCUT2D eigenvalue weighted by molar-refractivity contribution is 8.77. The first kappa shape index (κ1) is 17.4. The number of rotatable bonds is 8. The van der Waals surface area contributed by atoms with Crippen molar-refractivity contribution >= 4 is 27.4 Å². The Balaban J connectivity index is 2.23. The monoisotopic (exact) mass is 312 g/mol. The lowest BCUT2D eigenvalue weighted by atomic mass is 10.1. The molecule has 0 aliphatic heterocycles. The van der Waals surface area contributed by atoms with Crippen molar-refractivity contribution in [3.63, 3.8) is 0 Å². The van der Waals surface area contributed by atoms with Gasteiger partial charge >= 0.3 is 0 Å². The van der Waals surface area contributed by atoms with Crippen LogP contribution in [0.3, 0.4) is 0 Å². The largest absolute Gasteiger partial charge is 0.497 e. The summed E-state index contributed by atoms with van der Waals surface area (Å²) in [6.07, 6.45) is 2.66. The molecule has 0 unspecified atom stereocenters. The van der Waals surface area contributed by atoms with E-state index >= 15 is 0 Å². The summed E-state index contributed by atoms with van der Waals surface area (Å²) < 4.78 is 5.44. The van der Waals surface area contributed by atoms with E-state index in [2.05, 4.69) is 20.8 Å². The number of hydrogen-bond acceptors (Lipinski definition) is 4. The molecular weight excluding hydrogens is 288 g/mol. The highest BCUT2D eigenvalue weighted by Gasteiger charge is 2.11. The van der Waals surface area contributed by atoms with Crippen molar-refractivity contribution in [1.82, 2.24) is 0 Å². The van der Waals surface area contributed by atoms with Crippen LogP contribution in [0.25, 0.3) is 0 Å². The van der Waals surface area contributed by atoms with Crippen molar-refractivity contribution in [3.05, 3.63) is 29.8 Å². The minimum absolute atomic E-state index is 0.206. The lowest BCUT2D eigenvalue weighted by Gasteiger charge is -2.15. The summed E-state index contributed by atoms with van der Waals surface area (Å²) in [7, 11) is 5.43. The summed E-state index contributed by atoms with van der Waals surface area (Å²) in [5.41, 5.74) is 0.751. The number of hydrogen-bond donors (Lipinski definition) is 0. The van der Waals surface area contributed by atoms with Gasteiger partial charge in [-0.1, -0.05) is 54.5 Å². The number of benzene rings is 1. The van der Waals surface area contributed by atoms with E-state index in [0.29, 0.717) is 11.2 Å². The Hall–Kier alpha value is -0.610.